The van der Waals surface area contributed by atoms with E-state index in [0.717, 1.165) is 53.8 Å². The summed E-state index contributed by atoms with van der Waals surface area (Å²) >= 11 is 7.94. The third-order valence-electron chi connectivity index (χ3n) is 6.00. The molecule has 3 aromatic rings. The summed E-state index contributed by atoms with van der Waals surface area (Å²) in [4.78, 5) is 25.5. The van der Waals surface area contributed by atoms with Crippen LogP contribution >= 0.6 is 23.4 Å². The number of hydrogen-bond donors (Lipinski definition) is 1. The van der Waals surface area contributed by atoms with Crippen LogP contribution in [-0.4, -0.2) is 61.1 Å². The Bertz CT molecular complexity index is 1230. The zero-order valence-corrected chi connectivity index (χ0v) is 22.1. The van der Waals surface area contributed by atoms with Gasteiger partial charge in [0.15, 0.2) is 0 Å². The van der Waals surface area contributed by atoms with Crippen LogP contribution in [0.2, 0.25) is 5.02 Å². The molecule has 7 nitrogen and oxygen atoms in total. The molecule has 9 heteroatoms. The lowest BCUT2D eigenvalue weighted by atomic mass is 10.1. The molecule has 2 heterocycles. The van der Waals surface area contributed by atoms with Crippen LogP contribution in [0.15, 0.2) is 66.3 Å². The number of carbonyl (C=O) groups is 1. The molecule has 0 spiro atoms. The first-order valence-corrected chi connectivity index (χ1v) is 13.1. The van der Waals surface area contributed by atoms with Crippen molar-refractivity contribution in [2.45, 2.75) is 17.2 Å². The highest BCUT2D eigenvalue weighted by Crippen LogP contribution is 2.31. The number of piperazine rings is 1. The van der Waals surface area contributed by atoms with Crippen molar-refractivity contribution in [3.05, 3.63) is 83.3 Å². The maximum atomic E-state index is 11.6. The zero-order valence-electron chi connectivity index (χ0n) is 20.5. The topological polar surface area (TPSA) is 70.6 Å². The average Bonchev–Trinajstić information content (AvgIpc) is 2.89. The number of likely N-dealkylation sites (N-methyl/N-ethyl adjacent to an activating group) is 1. The molecule has 0 unspecified atom stereocenters. The Morgan fingerprint density at radius 3 is 2.78 bits per heavy atom. The highest BCUT2D eigenvalue weighted by Gasteiger charge is 2.17. The van der Waals surface area contributed by atoms with Gasteiger partial charge < -0.3 is 19.9 Å². The van der Waals surface area contributed by atoms with E-state index < -0.39 is 0 Å². The van der Waals surface area contributed by atoms with Crippen molar-refractivity contribution >= 4 is 40.6 Å². The van der Waals surface area contributed by atoms with Crippen molar-refractivity contribution < 1.29 is 9.53 Å². The van der Waals surface area contributed by atoms with Gasteiger partial charge >= 0.3 is 0 Å². The number of aromatic nitrogens is 2. The molecule has 1 saturated heterocycles. The van der Waals surface area contributed by atoms with E-state index in [2.05, 4.69) is 51.9 Å². The fraction of sp³-hybridized carbons (Fsp3) is 0.296. The van der Waals surface area contributed by atoms with Crippen molar-refractivity contribution in [2.75, 3.05) is 50.6 Å². The van der Waals surface area contributed by atoms with Gasteiger partial charge in [-0.1, -0.05) is 36.4 Å². The summed E-state index contributed by atoms with van der Waals surface area (Å²) < 4.78 is 5.72. The van der Waals surface area contributed by atoms with Crippen LogP contribution in [0.4, 0.5) is 11.4 Å². The number of benzene rings is 2. The lowest BCUT2D eigenvalue weighted by Crippen LogP contribution is -2.44. The predicted octanol–water partition coefficient (Wildman–Crippen LogP) is 4.90. The molecule has 1 amide bonds. The van der Waals surface area contributed by atoms with Gasteiger partial charge in [-0.05, 0) is 36.9 Å². The third-order valence-corrected chi connectivity index (χ3v) is 7.46. The maximum absolute atomic E-state index is 11.6. The number of rotatable bonds is 9. The smallest absolute Gasteiger partial charge is 0.247 e. The van der Waals surface area contributed by atoms with Crippen LogP contribution in [0.5, 0.6) is 5.75 Å². The number of ether oxygens (including phenoxy) is 1. The van der Waals surface area contributed by atoms with Crippen LogP contribution in [0.3, 0.4) is 0 Å². The summed E-state index contributed by atoms with van der Waals surface area (Å²) in [7, 11) is 3.85. The van der Waals surface area contributed by atoms with Crippen molar-refractivity contribution in [1.82, 2.24) is 14.9 Å². The number of halogens is 1. The zero-order chi connectivity index (χ0) is 25.5. The van der Waals surface area contributed by atoms with E-state index in [-0.39, 0.29) is 5.91 Å². The lowest BCUT2D eigenvalue weighted by Gasteiger charge is -2.34. The number of amides is 1. The van der Waals surface area contributed by atoms with E-state index in [1.165, 1.54) is 23.5 Å². The van der Waals surface area contributed by atoms with Crippen LogP contribution in [0.1, 0.15) is 17.0 Å². The maximum Gasteiger partial charge on any atom is 0.247 e. The Labute approximate surface area is 221 Å². The number of hydrogen-bond acceptors (Lipinski definition) is 7. The molecule has 188 valence electrons. The molecule has 0 aliphatic carbocycles. The Balaban J connectivity index is 1.44. The second-order valence-corrected chi connectivity index (χ2v) is 9.96. The highest BCUT2D eigenvalue weighted by molar-refractivity contribution is 7.98. The molecule has 1 fully saturated rings. The molecular weight excluding hydrogens is 494 g/mol. The Morgan fingerprint density at radius 1 is 1.22 bits per heavy atom. The highest BCUT2D eigenvalue weighted by atomic mass is 35.5. The Kier molecular flexibility index (Phi) is 8.85. The van der Waals surface area contributed by atoms with Gasteiger partial charge in [0.05, 0.1) is 18.3 Å². The lowest BCUT2D eigenvalue weighted by molar-refractivity contribution is -0.111. The molecular formula is C27H30ClN5O2S. The van der Waals surface area contributed by atoms with Crippen LogP contribution < -0.4 is 15.0 Å². The number of nitrogens with zero attached hydrogens (tertiary/aromatic N) is 4. The fourth-order valence-corrected chi connectivity index (χ4v) is 5.07. The molecule has 0 radical (unpaired) electrons. The first kappa shape index (κ1) is 26.0. The average molecular weight is 524 g/mol. The predicted molar refractivity (Wildman–Crippen MR) is 147 cm³/mol. The minimum atomic E-state index is -0.240. The molecule has 2 aromatic carbocycles. The molecule has 0 saturated carbocycles. The van der Waals surface area contributed by atoms with Gasteiger partial charge in [-0.3, -0.25) is 4.79 Å². The van der Waals surface area contributed by atoms with Crippen molar-refractivity contribution in [1.29, 1.82) is 0 Å². The SMILES string of the molecule is C=CC(=O)Nc1cccc(CSc2nc(Cc3ccc(N4CCN(C)CC4)cc3OC)ncc2Cl)c1. The van der Waals surface area contributed by atoms with Gasteiger partial charge in [0, 0.05) is 61.4 Å². The largest absolute Gasteiger partial charge is 0.496 e. The van der Waals surface area contributed by atoms with E-state index in [9.17, 15) is 4.79 Å². The summed E-state index contributed by atoms with van der Waals surface area (Å²) in [6.07, 6.45) is 3.44. The monoisotopic (exact) mass is 523 g/mol. The Morgan fingerprint density at radius 2 is 2.03 bits per heavy atom. The van der Waals surface area contributed by atoms with Crippen molar-refractivity contribution in [2.24, 2.45) is 0 Å². The third kappa shape index (κ3) is 6.78. The first-order valence-electron chi connectivity index (χ1n) is 11.7. The molecule has 1 aliphatic rings. The summed E-state index contributed by atoms with van der Waals surface area (Å²) in [6.45, 7) is 7.60. The minimum Gasteiger partial charge on any atom is -0.496 e. The van der Waals surface area contributed by atoms with E-state index in [0.29, 0.717) is 23.0 Å². The van der Waals surface area contributed by atoms with Crippen LogP contribution in [0.25, 0.3) is 0 Å². The fourth-order valence-electron chi connectivity index (χ4n) is 3.97. The van der Waals surface area contributed by atoms with Crippen molar-refractivity contribution in [3.8, 4) is 5.75 Å². The molecule has 0 atom stereocenters. The van der Waals surface area contributed by atoms with Gasteiger partial charge in [0.25, 0.3) is 0 Å². The van der Waals surface area contributed by atoms with Gasteiger partial charge in [-0.25, -0.2) is 9.97 Å². The van der Waals surface area contributed by atoms with E-state index in [1.807, 2.05) is 24.3 Å². The second kappa shape index (κ2) is 12.3. The van der Waals surface area contributed by atoms with E-state index in [1.54, 1.807) is 13.3 Å². The van der Waals surface area contributed by atoms with Gasteiger partial charge in [-0.2, -0.15) is 0 Å². The summed E-state index contributed by atoms with van der Waals surface area (Å²) in [5.41, 5.74) is 3.96. The standard InChI is InChI=1S/C27H30ClN5O2S/c1-4-26(34)30-21-7-5-6-19(14-21)18-36-27-23(28)17-29-25(31-27)15-20-8-9-22(16-24(20)35-3)33-12-10-32(2)11-13-33/h4-9,14,16-17H,1,10-13,15,18H2,2-3H3,(H,30,34). The minimum absolute atomic E-state index is 0.240. The van der Waals surface area contributed by atoms with Gasteiger partial charge in [0.2, 0.25) is 5.91 Å². The number of nitrogens with one attached hydrogen (secondary N) is 1. The van der Waals surface area contributed by atoms with E-state index in [4.69, 9.17) is 21.3 Å². The molecule has 36 heavy (non-hydrogen) atoms. The summed E-state index contributed by atoms with van der Waals surface area (Å²) in [6, 6.07) is 14.0. The summed E-state index contributed by atoms with van der Waals surface area (Å²) in [5, 5.41) is 4.01. The van der Waals surface area contributed by atoms with Crippen molar-refractivity contribution in [3.63, 3.8) is 0 Å². The molecule has 1 aliphatic heterocycles. The quantitative estimate of drug-likeness (QED) is 0.243. The Hall–Kier alpha value is -3.07. The van der Waals surface area contributed by atoms with E-state index >= 15 is 0 Å². The van der Waals surface area contributed by atoms with Crippen LogP contribution in [-0.2, 0) is 17.0 Å². The van der Waals surface area contributed by atoms with Gasteiger partial charge in [0.1, 0.15) is 16.6 Å². The van der Waals surface area contributed by atoms with Gasteiger partial charge in [-0.15, -0.1) is 11.8 Å². The molecule has 1 N–H and O–H groups in total. The second-order valence-electron chi connectivity index (χ2n) is 8.58. The molecule has 0 bridgehead atoms. The normalized spacial score (nSPS) is 13.9. The number of anilines is 2. The number of thioether (sulfide) groups is 1. The number of carbonyl (C=O) groups excluding carboxylic acids is 1. The number of methoxy groups -OCH3 is 1. The first-order chi connectivity index (χ1) is 17.4. The molecule has 4 rings (SSSR count). The van der Waals surface area contributed by atoms with Crippen LogP contribution in [0, 0.1) is 0 Å². The molecule has 1 aromatic heterocycles. The summed E-state index contributed by atoms with van der Waals surface area (Å²) in [5.74, 6) is 1.92.